The zero-order valence-electron chi connectivity index (χ0n) is 19.6. The quantitative estimate of drug-likeness (QED) is 0.283. The van der Waals surface area contributed by atoms with Crippen LogP contribution >= 0.6 is 11.8 Å². The van der Waals surface area contributed by atoms with Crippen molar-refractivity contribution in [2.75, 3.05) is 38.5 Å². The maximum Gasteiger partial charge on any atom is 0.222 e. The van der Waals surface area contributed by atoms with Gasteiger partial charge in [-0.25, -0.2) is 4.98 Å². The molecule has 1 fully saturated rings. The molecule has 0 N–H and O–H groups in total. The Labute approximate surface area is 204 Å². The van der Waals surface area contributed by atoms with Crippen molar-refractivity contribution in [3.8, 4) is 0 Å². The molecule has 0 spiro atoms. The largest absolute Gasteiger partial charge is 0.340 e. The Balaban J connectivity index is 1.26. The van der Waals surface area contributed by atoms with Crippen LogP contribution in [0.4, 0.5) is 0 Å². The first-order valence-corrected chi connectivity index (χ1v) is 13.0. The molecule has 0 saturated carbocycles. The third kappa shape index (κ3) is 4.93. The lowest BCUT2D eigenvalue weighted by Crippen LogP contribution is -2.48. The van der Waals surface area contributed by atoms with Crippen LogP contribution in [0.3, 0.4) is 0 Å². The Hall–Kier alpha value is -2.97. The Morgan fingerprint density at radius 2 is 1.74 bits per heavy atom. The monoisotopic (exact) mass is 474 g/mol. The molecule has 1 aliphatic rings. The number of likely N-dealkylation sites (N-methyl/N-ethyl adjacent to an activating group) is 1. The van der Waals surface area contributed by atoms with Crippen molar-refractivity contribution in [2.45, 2.75) is 31.5 Å². The summed E-state index contributed by atoms with van der Waals surface area (Å²) in [6, 6.07) is 18.7. The highest BCUT2D eigenvalue weighted by molar-refractivity contribution is 7.99. The summed E-state index contributed by atoms with van der Waals surface area (Å²) in [7, 11) is 0. The van der Waals surface area contributed by atoms with E-state index in [4.69, 9.17) is 4.98 Å². The van der Waals surface area contributed by atoms with E-state index in [0.717, 1.165) is 73.5 Å². The van der Waals surface area contributed by atoms with Crippen LogP contribution in [0.2, 0.25) is 0 Å². The molecule has 1 saturated heterocycles. The number of aromatic nitrogens is 4. The van der Waals surface area contributed by atoms with E-state index in [0.29, 0.717) is 11.6 Å². The highest BCUT2D eigenvalue weighted by Gasteiger charge is 2.20. The van der Waals surface area contributed by atoms with Gasteiger partial charge in [0, 0.05) is 50.3 Å². The molecule has 176 valence electrons. The standard InChI is InChI=1S/C26H30N6OS/c1-2-30-14-16-31(17-15-30)23(33)13-8-18-34-26-27-25-24(28-29-26)21-11-6-7-12-22(21)32(25)19-20-9-4-3-5-10-20/h3-7,9-12H,2,8,13-19H2,1H3. The fraction of sp³-hybridized carbons (Fsp3) is 0.385. The maximum absolute atomic E-state index is 12.5. The number of carbonyl (C=O) groups is 1. The molecule has 1 aliphatic heterocycles. The van der Waals surface area contributed by atoms with Gasteiger partial charge in [0.25, 0.3) is 0 Å². The van der Waals surface area contributed by atoms with Crippen LogP contribution < -0.4 is 0 Å². The van der Waals surface area contributed by atoms with Gasteiger partial charge in [-0.15, -0.1) is 10.2 Å². The minimum Gasteiger partial charge on any atom is -0.340 e. The molecule has 2 aromatic carbocycles. The number of nitrogens with zero attached hydrogens (tertiary/aromatic N) is 6. The lowest BCUT2D eigenvalue weighted by molar-refractivity contribution is -0.132. The van der Waals surface area contributed by atoms with Crippen LogP contribution in [-0.4, -0.2) is 73.9 Å². The van der Waals surface area contributed by atoms with Crippen molar-refractivity contribution in [1.82, 2.24) is 29.5 Å². The normalized spacial score (nSPS) is 14.8. The Morgan fingerprint density at radius 1 is 0.971 bits per heavy atom. The average molecular weight is 475 g/mol. The summed E-state index contributed by atoms with van der Waals surface area (Å²) in [4.78, 5) is 21.8. The molecular weight excluding hydrogens is 444 g/mol. The van der Waals surface area contributed by atoms with Gasteiger partial charge in [0.1, 0.15) is 5.52 Å². The Bertz CT molecular complexity index is 1270. The molecule has 0 radical (unpaired) electrons. The summed E-state index contributed by atoms with van der Waals surface area (Å²) < 4.78 is 2.22. The Kier molecular flexibility index (Phi) is 7.06. The zero-order chi connectivity index (χ0) is 23.3. The van der Waals surface area contributed by atoms with Crippen LogP contribution in [0.15, 0.2) is 59.8 Å². The molecule has 1 amide bonds. The zero-order valence-corrected chi connectivity index (χ0v) is 20.4. The second-order valence-electron chi connectivity index (χ2n) is 8.62. The molecule has 3 heterocycles. The minimum absolute atomic E-state index is 0.258. The fourth-order valence-corrected chi connectivity index (χ4v) is 5.26. The molecule has 5 rings (SSSR count). The molecule has 34 heavy (non-hydrogen) atoms. The second kappa shape index (κ2) is 10.5. The minimum atomic E-state index is 0.258. The molecular formula is C26H30N6OS. The summed E-state index contributed by atoms with van der Waals surface area (Å²) in [6.07, 6.45) is 1.38. The summed E-state index contributed by atoms with van der Waals surface area (Å²) >= 11 is 1.58. The third-order valence-electron chi connectivity index (χ3n) is 6.48. The van der Waals surface area contributed by atoms with Gasteiger partial charge >= 0.3 is 0 Å². The average Bonchev–Trinajstić information content (AvgIpc) is 3.20. The first kappa shape index (κ1) is 22.8. The molecule has 7 nitrogen and oxygen atoms in total. The van der Waals surface area contributed by atoms with E-state index in [1.165, 1.54) is 5.56 Å². The topological polar surface area (TPSA) is 67.2 Å². The number of benzene rings is 2. The smallest absolute Gasteiger partial charge is 0.222 e. The van der Waals surface area contributed by atoms with Gasteiger partial charge < -0.3 is 14.4 Å². The first-order valence-electron chi connectivity index (χ1n) is 12.0. The number of hydrogen-bond acceptors (Lipinski definition) is 6. The van der Waals surface area contributed by atoms with Crippen molar-refractivity contribution in [1.29, 1.82) is 0 Å². The number of fused-ring (bicyclic) bond motifs is 3. The van der Waals surface area contributed by atoms with E-state index in [1.54, 1.807) is 11.8 Å². The molecule has 8 heteroatoms. The van der Waals surface area contributed by atoms with E-state index >= 15 is 0 Å². The third-order valence-corrected chi connectivity index (χ3v) is 7.40. The van der Waals surface area contributed by atoms with Crippen molar-refractivity contribution >= 4 is 39.7 Å². The molecule has 0 unspecified atom stereocenters. The highest BCUT2D eigenvalue weighted by Crippen LogP contribution is 2.28. The summed E-state index contributed by atoms with van der Waals surface area (Å²) in [5.41, 5.74) is 4.01. The van der Waals surface area contributed by atoms with E-state index in [2.05, 4.69) is 63.0 Å². The van der Waals surface area contributed by atoms with Crippen LogP contribution in [0.25, 0.3) is 22.1 Å². The summed E-state index contributed by atoms with van der Waals surface area (Å²) in [6.45, 7) is 7.60. The Morgan fingerprint density at radius 3 is 2.53 bits per heavy atom. The van der Waals surface area contributed by atoms with E-state index < -0.39 is 0 Å². The fourth-order valence-electron chi connectivity index (χ4n) is 4.53. The predicted octanol–water partition coefficient (Wildman–Crippen LogP) is 4.06. The second-order valence-corrected chi connectivity index (χ2v) is 9.68. The van der Waals surface area contributed by atoms with Crippen LogP contribution in [0, 0.1) is 0 Å². The summed E-state index contributed by atoms with van der Waals surface area (Å²) in [5, 5.41) is 10.7. The molecule has 0 atom stereocenters. The number of thioether (sulfide) groups is 1. The van der Waals surface area contributed by atoms with Gasteiger partial charge in [0.2, 0.25) is 11.1 Å². The van der Waals surface area contributed by atoms with Gasteiger partial charge in [0.05, 0.1) is 5.52 Å². The van der Waals surface area contributed by atoms with Crippen LogP contribution in [0.1, 0.15) is 25.3 Å². The molecule has 2 aromatic heterocycles. The first-order chi connectivity index (χ1) is 16.7. The van der Waals surface area contributed by atoms with Gasteiger partial charge in [-0.3, -0.25) is 4.79 Å². The van der Waals surface area contributed by atoms with Crippen LogP contribution in [0.5, 0.6) is 0 Å². The van der Waals surface area contributed by atoms with Crippen molar-refractivity contribution < 1.29 is 4.79 Å². The van der Waals surface area contributed by atoms with Crippen LogP contribution in [-0.2, 0) is 11.3 Å². The van der Waals surface area contributed by atoms with Gasteiger partial charge in [-0.2, -0.15) is 0 Å². The van der Waals surface area contributed by atoms with E-state index in [-0.39, 0.29) is 5.91 Å². The van der Waals surface area contributed by atoms with Gasteiger partial charge in [-0.05, 0) is 24.6 Å². The maximum atomic E-state index is 12.5. The lowest BCUT2D eigenvalue weighted by Gasteiger charge is -2.34. The van der Waals surface area contributed by atoms with Gasteiger partial charge in [-0.1, -0.05) is 67.2 Å². The molecule has 0 bridgehead atoms. The highest BCUT2D eigenvalue weighted by atomic mass is 32.2. The number of para-hydroxylation sites is 1. The molecule has 0 aliphatic carbocycles. The number of amides is 1. The predicted molar refractivity (Wildman–Crippen MR) is 137 cm³/mol. The van der Waals surface area contributed by atoms with Crippen molar-refractivity contribution in [3.63, 3.8) is 0 Å². The number of carbonyl (C=O) groups excluding carboxylic acids is 1. The van der Waals surface area contributed by atoms with Crippen molar-refractivity contribution in [3.05, 3.63) is 60.2 Å². The number of hydrogen-bond donors (Lipinski definition) is 0. The number of piperazine rings is 1. The molecule has 4 aromatic rings. The SMILES string of the molecule is CCN1CCN(C(=O)CCCSc2nnc3c4ccccc4n(Cc4ccccc4)c3n2)CC1. The van der Waals surface area contributed by atoms with E-state index in [1.807, 2.05) is 23.1 Å². The lowest BCUT2D eigenvalue weighted by atomic mass is 10.2. The van der Waals surface area contributed by atoms with Crippen molar-refractivity contribution in [2.24, 2.45) is 0 Å². The van der Waals surface area contributed by atoms with Gasteiger partial charge in [0.15, 0.2) is 5.65 Å². The van der Waals surface area contributed by atoms with E-state index in [9.17, 15) is 4.79 Å². The number of rotatable bonds is 8. The summed E-state index contributed by atoms with van der Waals surface area (Å²) in [5.74, 6) is 1.06.